The third kappa shape index (κ3) is 8.51. The van der Waals surface area contributed by atoms with E-state index >= 15 is 0 Å². The summed E-state index contributed by atoms with van der Waals surface area (Å²) in [6.07, 6.45) is -2.22. The minimum absolute atomic E-state index is 0.175. The van der Waals surface area contributed by atoms with Gasteiger partial charge in [0.2, 0.25) is 21.8 Å². The lowest BCUT2D eigenvalue weighted by molar-refractivity contribution is -0.140. The highest BCUT2D eigenvalue weighted by molar-refractivity contribution is 7.92. The molecule has 0 aliphatic heterocycles. The zero-order valence-corrected chi connectivity index (χ0v) is 23.5. The van der Waals surface area contributed by atoms with Crippen molar-refractivity contribution < 1.29 is 31.2 Å². The first-order valence-electron chi connectivity index (χ1n) is 11.9. The summed E-state index contributed by atoms with van der Waals surface area (Å²) >= 11 is 12.6. The van der Waals surface area contributed by atoms with Gasteiger partial charge in [-0.05, 0) is 43.2 Å². The molecule has 2 aromatic rings. The van der Waals surface area contributed by atoms with Crippen molar-refractivity contribution in [3.8, 4) is 0 Å². The molecule has 0 aliphatic carbocycles. The van der Waals surface area contributed by atoms with Gasteiger partial charge in [0, 0.05) is 28.7 Å². The molecule has 0 unspecified atom stereocenters. The van der Waals surface area contributed by atoms with Crippen LogP contribution < -0.4 is 9.62 Å². The Balaban J connectivity index is 2.52. The predicted octanol–water partition coefficient (Wildman–Crippen LogP) is 5.50. The van der Waals surface area contributed by atoms with E-state index in [-0.39, 0.29) is 28.7 Å². The highest BCUT2D eigenvalue weighted by Gasteiger charge is 2.34. The summed E-state index contributed by atoms with van der Waals surface area (Å²) in [4.78, 5) is 27.8. The Bertz CT molecular complexity index is 1220. The fraction of sp³-hybridized carbons (Fsp3) is 0.440. The Morgan fingerprint density at radius 1 is 1.05 bits per heavy atom. The minimum atomic E-state index is -4.72. The molecule has 0 radical (unpaired) electrons. The number of sulfonamides is 1. The van der Waals surface area contributed by atoms with E-state index in [1.165, 1.54) is 0 Å². The normalized spacial score (nSPS) is 12.6. The van der Waals surface area contributed by atoms with Gasteiger partial charge in [-0.1, -0.05) is 55.6 Å². The fourth-order valence-electron chi connectivity index (χ4n) is 3.73. The highest BCUT2D eigenvalue weighted by Crippen LogP contribution is 2.32. The second-order valence-corrected chi connectivity index (χ2v) is 11.3. The monoisotopic (exact) mass is 595 g/mol. The molecule has 1 N–H and O–H groups in total. The second-order valence-electron chi connectivity index (χ2n) is 8.61. The number of nitrogens with one attached hydrogen (secondary N) is 1. The maximum Gasteiger partial charge on any atom is 0.416 e. The number of halogens is 5. The van der Waals surface area contributed by atoms with Crippen molar-refractivity contribution in [2.24, 2.45) is 0 Å². The van der Waals surface area contributed by atoms with Gasteiger partial charge in [0.1, 0.15) is 12.6 Å². The molecular weight excluding hydrogens is 566 g/mol. The predicted molar refractivity (Wildman–Crippen MR) is 143 cm³/mol. The van der Waals surface area contributed by atoms with Gasteiger partial charge >= 0.3 is 6.18 Å². The maximum absolute atomic E-state index is 13.6. The van der Waals surface area contributed by atoms with Crippen LogP contribution in [0.2, 0.25) is 10.0 Å². The molecule has 210 valence electrons. The van der Waals surface area contributed by atoms with Gasteiger partial charge in [-0.25, -0.2) is 8.42 Å². The van der Waals surface area contributed by atoms with Crippen molar-refractivity contribution in [3.63, 3.8) is 0 Å². The number of benzene rings is 2. The van der Waals surface area contributed by atoms with Crippen LogP contribution in [0.3, 0.4) is 0 Å². The number of hydrogen-bond donors (Lipinski definition) is 1. The lowest BCUT2D eigenvalue weighted by Crippen LogP contribution is -2.52. The maximum atomic E-state index is 13.6. The molecule has 38 heavy (non-hydrogen) atoms. The molecular formula is C25H30Cl2F3N3O4S. The molecule has 0 heterocycles. The molecule has 2 aromatic carbocycles. The van der Waals surface area contributed by atoms with Gasteiger partial charge in [0.15, 0.2) is 0 Å². The molecule has 0 fully saturated rings. The van der Waals surface area contributed by atoms with Crippen LogP contribution in [0, 0.1) is 0 Å². The van der Waals surface area contributed by atoms with Crippen LogP contribution in [0.4, 0.5) is 18.9 Å². The Morgan fingerprint density at radius 2 is 1.66 bits per heavy atom. The van der Waals surface area contributed by atoms with Crippen LogP contribution in [0.15, 0.2) is 42.5 Å². The smallest absolute Gasteiger partial charge is 0.354 e. The van der Waals surface area contributed by atoms with Gasteiger partial charge in [-0.15, -0.1) is 0 Å². The first-order valence-corrected chi connectivity index (χ1v) is 14.5. The summed E-state index contributed by atoms with van der Waals surface area (Å²) in [6.45, 7) is 2.94. The molecule has 7 nitrogen and oxygen atoms in total. The molecule has 0 spiro atoms. The molecule has 13 heteroatoms. The van der Waals surface area contributed by atoms with Gasteiger partial charge in [-0.2, -0.15) is 13.2 Å². The second kappa shape index (κ2) is 13.5. The Kier molecular flexibility index (Phi) is 11.3. The van der Waals surface area contributed by atoms with Crippen LogP contribution in [-0.2, 0) is 32.3 Å². The zero-order valence-electron chi connectivity index (χ0n) is 21.2. The number of hydrogen-bond acceptors (Lipinski definition) is 4. The van der Waals surface area contributed by atoms with E-state index < -0.39 is 46.2 Å². The SMILES string of the molecule is CCCCNC(=O)[C@H](CC)N(Cc1c(Cl)cccc1Cl)C(=O)CN(c1cccc(C(F)(F)F)c1)S(C)(=O)=O. The molecule has 1 atom stereocenters. The fourth-order valence-corrected chi connectivity index (χ4v) is 5.09. The van der Waals surface area contributed by atoms with Crippen molar-refractivity contribution in [1.82, 2.24) is 10.2 Å². The first-order chi connectivity index (χ1) is 17.7. The molecule has 0 aliphatic rings. The number of nitrogens with zero attached hydrogens (tertiary/aromatic N) is 2. The van der Waals surface area contributed by atoms with Crippen LogP contribution in [0.1, 0.15) is 44.2 Å². The Morgan fingerprint density at radius 3 is 2.18 bits per heavy atom. The van der Waals surface area contributed by atoms with E-state index in [1.807, 2.05) is 6.92 Å². The van der Waals surface area contributed by atoms with E-state index in [0.29, 0.717) is 28.9 Å². The van der Waals surface area contributed by atoms with E-state index in [9.17, 15) is 31.2 Å². The standard InChI is InChI=1S/C25H30Cl2F3N3O4S/c1-4-6-13-31-24(35)22(5-2)32(15-19-20(26)11-8-12-21(19)27)23(34)16-33(38(3,36)37)18-10-7-9-17(14-18)25(28,29)30/h7-12,14,22H,4-6,13,15-16H2,1-3H3,(H,31,35)/t22-/m0/s1. The molecule has 2 rings (SSSR count). The van der Waals surface area contributed by atoms with Crippen LogP contribution >= 0.6 is 23.2 Å². The Labute approximate surface area is 230 Å². The van der Waals surface area contributed by atoms with Crippen LogP contribution in [-0.4, -0.2) is 50.5 Å². The number of anilines is 1. The van der Waals surface area contributed by atoms with Gasteiger partial charge in [0.05, 0.1) is 17.5 Å². The summed E-state index contributed by atoms with van der Waals surface area (Å²) in [6, 6.07) is 7.36. The third-order valence-electron chi connectivity index (χ3n) is 5.75. The van der Waals surface area contributed by atoms with Crippen molar-refractivity contribution in [2.75, 3.05) is 23.7 Å². The summed E-state index contributed by atoms with van der Waals surface area (Å²) in [5.74, 6) is -1.27. The average Bonchev–Trinajstić information content (AvgIpc) is 2.83. The van der Waals surface area contributed by atoms with Gasteiger partial charge < -0.3 is 10.2 Å². The topological polar surface area (TPSA) is 86.8 Å². The first kappa shape index (κ1) is 31.7. The number of amides is 2. The highest BCUT2D eigenvalue weighted by atomic mass is 35.5. The van der Waals surface area contributed by atoms with Crippen LogP contribution in [0.25, 0.3) is 0 Å². The summed E-state index contributed by atoms with van der Waals surface area (Å²) in [5, 5.41) is 3.23. The van der Waals surface area contributed by atoms with Crippen molar-refractivity contribution in [2.45, 2.75) is 51.9 Å². The van der Waals surface area contributed by atoms with Crippen molar-refractivity contribution >= 4 is 50.7 Å². The number of unbranched alkanes of at least 4 members (excludes halogenated alkanes) is 1. The molecule has 2 amide bonds. The summed E-state index contributed by atoms with van der Waals surface area (Å²) in [5.41, 5.74) is -1.07. The quantitative estimate of drug-likeness (QED) is 0.328. The van der Waals surface area contributed by atoms with Crippen molar-refractivity contribution in [3.05, 3.63) is 63.6 Å². The number of alkyl halides is 3. The average molecular weight is 596 g/mol. The van der Waals surface area contributed by atoms with E-state index in [4.69, 9.17) is 23.2 Å². The molecule has 0 aromatic heterocycles. The number of carbonyl (C=O) groups is 2. The van der Waals surface area contributed by atoms with E-state index in [2.05, 4.69) is 5.32 Å². The number of carbonyl (C=O) groups excluding carboxylic acids is 2. The van der Waals surface area contributed by atoms with Crippen molar-refractivity contribution in [1.29, 1.82) is 0 Å². The van der Waals surface area contributed by atoms with E-state index in [0.717, 1.165) is 35.8 Å². The van der Waals surface area contributed by atoms with Gasteiger partial charge in [0.25, 0.3) is 0 Å². The lowest BCUT2D eigenvalue weighted by atomic mass is 10.1. The zero-order chi connectivity index (χ0) is 28.7. The van der Waals surface area contributed by atoms with Crippen LogP contribution in [0.5, 0.6) is 0 Å². The minimum Gasteiger partial charge on any atom is -0.354 e. The van der Waals surface area contributed by atoms with E-state index in [1.54, 1.807) is 25.1 Å². The molecule has 0 bridgehead atoms. The molecule has 0 saturated carbocycles. The summed E-state index contributed by atoms with van der Waals surface area (Å²) in [7, 11) is -4.20. The Hall–Kier alpha value is -2.50. The third-order valence-corrected chi connectivity index (χ3v) is 7.60. The largest absolute Gasteiger partial charge is 0.416 e. The molecule has 0 saturated heterocycles. The summed E-state index contributed by atoms with van der Waals surface area (Å²) < 4.78 is 65.7. The van der Waals surface area contributed by atoms with Gasteiger partial charge in [-0.3, -0.25) is 13.9 Å². The lowest BCUT2D eigenvalue weighted by Gasteiger charge is -2.33. The number of rotatable bonds is 12.